The topological polar surface area (TPSA) is 49.7 Å². The summed E-state index contributed by atoms with van der Waals surface area (Å²) in [6.45, 7) is 2.51. The van der Waals surface area contributed by atoms with Crippen LogP contribution in [0.15, 0.2) is 18.2 Å². The van der Waals surface area contributed by atoms with E-state index in [0.717, 1.165) is 6.42 Å². The molecule has 1 aromatic carbocycles. The van der Waals surface area contributed by atoms with Gasteiger partial charge in [0.25, 0.3) is 0 Å². The van der Waals surface area contributed by atoms with Gasteiger partial charge in [-0.2, -0.15) is 0 Å². The summed E-state index contributed by atoms with van der Waals surface area (Å²) in [5.74, 6) is 0.483. The molecular formula is C9H12O3. The molecular weight excluding hydrogens is 156 g/mol. The van der Waals surface area contributed by atoms with E-state index in [1.165, 1.54) is 18.2 Å². The summed E-state index contributed by atoms with van der Waals surface area (Å²) in [6, 6.07) is 4.21. The van der Waals surface area contributed by atoms with Crippen LogP contribution in [0.25, 0.3) is 0 Å². The molecule has 0 spiro atoms. The maximum absolute atomic E-state index is 9.23. The van der Waals surface area contributed by atoms with Gasteiger partial charge in [-0.25, -0.2) is 0 Å². The Labute approximate surface area is 71.2 Å². The Morgan fingerprint density at radius 2 is 2.08 bits per heavy atom. The Bertz CT molecular complexity index is 258. The van der Waals surface area contributed by atoms with Crippen molar-refractivity contribution in [3.8, 4) is 17.2 Å². The lowest BCUT2D eigenvalue weighted by Crippen LogP contribution is -1.94. The van der Waals surface area contributed by atoms with Crippen LogP contribution in [0.2, 0.25) is 0 Å². The van der Waals surface area contributed by atoms with E-state index in [4.69, 9.17) is 9.84 Å². The largest absolute Gasteiger partial charge is 0.508 e. The first-order chi connectivity index (χ1) is 5.74. The molecule has 0 bridgehead atoms. The number of aromatic hydroxyl groups is 2. The molecule has 1 aromatic rings. The zero-order valence-corrected chi connectivity index (χ0v) is 6.95. The normalized spacial score (nSPS) is 9.75. The molecule has 0 radical (unpaired) electrons. The van der Waals surface area contributed by atoms with E-state index in [1.54, 1.807) is 0 Å². The monoisotopic (exact) mass is 168 g/mol. The van der Waals surface area contributed by atoms with E-state index in [1.807, 2.05) is 6.92 Å². The summed E-state index contributed by atoms with van der Waals surface area (Å²) in [5.41, 5.74) is 0. The van der Waals surface area contributed by atoms with Crippen LogP contribution < -0.4 is 4.74 Å². The number of rotatable bonds is 3. The molecule has 0 aliphatic rings. The van der Waals surface area contributed by atoms with Gasteiger partial charge in [-0.15, -0.1) is 0 Å². The predicted octanol–water partition coefficient (Wildman–Crippen LogP) is 1.89. The summed E-state index contributed by atoms with van der Waals surface area (Å²) in [4.78, 5) is 0. The van der Waals surface area contributed by atoms with E-state index in [2.05, 4.69) is 0 Å². The highest BCUT2D eigenvalue weighted by Crippen LogP contribution is 2.29. The lowest BCUT2D eigenvalue weighted by atomic mass is 10.3. The molecule has 3 heteroatoms. The third-order valence-electron chi connectivity index (χ3n) is 1.41. The fourth-order valence-corrected chi connectivity index (χ4v) is 0.830. The summed E-state index contributed by atoms with van der Waals surface area (Å²) in [6.07, 6.45) is 0.870. The molecule has 1 rings (SSSR count). The van der Waals surface area contributed by atoms with Crippen LogP contribution in [0.1, 0.15) is 13.3 Å². The van der Waals surface area contributed by atoms with E-state index in [-0.39, 0.29) is 11.5 Å². The third kappa shape index (κ3) is 2.05. The van der Waals surface area contributed by atoms with Crippen LogP contribution in [0.5, 0.6) is 17.2 Å². The van der Waals surface area contributed by atoms with Gasteiger partial charge >= 0.3 is 0 Å². The van der Waals surface area contributed by atoms with Crippen molar-refractivity contribution in [3.05, 3.63) is 18.2 Å². The predicted molar refractivity (Wildman–Crippen MR) is 45.6 cm³/mol. The first kappa shape index (κ1) is 8.71. The molecule has 0 heterocycles. The Balaban J connectivity index is 2.75. The van der Waals surface area contributed by atoms with E-state index >= 15 is 0 Å². The molecule has 0 aromatic heterocycles. The van der Waals surface area contributed by atoms with Gasteiger partial charge in [0.15, 0.2) is 11.5 Å². The van der Waals surface area contributed by atoms with Gasteiger partial charge < -0.3 is 14.9 Å². The number of phenolic OH excluding ortho intramolecular Hbond substituents is 2. The van der Waals surface area contributed by atoms with Crippen LogP contribution in [-0.4, -0.2) is 16.8 Å². The number of phenols is 2. The fourth-order valence-electron chi connectivity index (χ4n) is 0.830. The van der Waals surface area contributed by atoms with Crippen LogP contribution in [0, 0.1) is 0 Å². The average molecular weight is 168 g/mol. The zero-order valence-electron chi connectivity index (χ0n) is 6.95. The molecule has 66 valence electrons. The van der Waals surface area contributed by atoms with Gasteiger partial charge in [0.2, 0.25) is 0 Å². The minimum Gasteiger partial charge on any atom is -0.508 e. The summed E-state index contributed by atoms with van der Waals surface area (Å²) >= 11 is 0. The molecule has 2 N–H and O–H groups in total. The number of benzene rings is 1. The van der Waals surface area contributed by atoms with Crippen LogP contribution in [-0.2, 0) is 0 Å². The van der Waals surface area contributed by atoms with Crippen molar-refractivity contribution < 1.29 is 14.9 Å². The van der Waals surface area contributed by atoms with E-state index in [0.29, 0.717) is 12.4 Å². The van der Waals surface area contributed by atoms with Crippen molar-refractivity contribution in [2.24, 2.45) is 0 Å². The molecule has 3 nitrogen and oxygen atoms in total. The van der Waals surface area contributed by atoms with E-state index in [9.17, 15) is 5.11 Å². The first-order valence-electron chi connectivity index (χ1n) is 3.89. The highest BCUT2D eigenvalue weighted by molar-refractivity contribution is 5.43. The maximum Gasteiger partial charge on any atom is 0.164 e. The van der Waals surface area contributed by atoms with Gasteiger partial charge in [-0.05, 0) is 18.6 Å². The molecule has 0 saturated carbocycles. The molecule has 0 atom stereocenters. The van der Waals surface area contributed by atoms with Gasteiger partial charge in [-0.1, -0.05) is 6.92 Å². The van der Waals surface area contributed by atoms with Gasteiger partial charge in [0.1, 0.15) is 5.75 Å². The number of hydrogen-bond acceptors (Lipinski definition) is 3. The Hall–Kier alpha value is -1.38. The molecule has 0 unspecified atom stereocenters. The lowest BCUT2D eigenvalue weighted by molar-refractivity contribution is 0.297. The second kappa shape index (κ2) is 3.85. The quantitative estimate of drug-likeness (QED) is 0.677. The average Bonchev–Trinajstić information content (AvgIpc) is 2.07. The van der Waals surface area contributed by atoms with Crippen molar-refractivity contribution >= 4 is 0 Å². The molecule has 0 aliphatic carbocycles. The van der Waals surface area contributed by atoms with Crippen molar-refractivity contribution in [2.45, 2.75) is 13.3 Å². The summed E-state index contributed by atoms with van der Waals surface area (Å²) < 4.78 is 5.16. The first-order valence-corrected chi connectivity index (χ1v) is 3.89. The molecule has 0 saturated heterocycles. The molecule has 12 heavy (non-hydrogen) atoms. The van der Waals surface area contributed by atoms with Crippen LogP contribution in [0.4, 0.5) is 0 Å². The van der Waals surface area contributed by atoms with Gasteiger partial charge in [0.05, 0.1) is 6.61 Å². The highest BCUT2D eigenvalue weighted by atomic mass is 16.5. The Morgan fingerprint density at radius 1 is 1.33 bits per heavy atom. The minimum atomic E-state index is 0.0567. The summed E-state index contributed by atoms with van der Waals surface area (Å²) in [7, 11) is 0. The number of hydrogen-bond donors (Lipinski definition) is 2. The highest BCUT2D eigenvalue weighted by Gasteiger charge is 2.01. The molecule has 0 amide bonds. The maximum atomic E-state index is 9.23. The van der Waals surface area contributed by atoms with Gasteiger partial charge in [0, 0.05) is 6.07 Å². The smallest absolute Gasteiger partial charge is 0.164 e. The van der Waals surface area contributed by atoms with Crippen molar-refractivity contribution in [3.63, 3.8) is 0 Å². The van der Waals surface area contributed by atoms with E-state index < -0.39 is 0 Å². The van der Waals surface area contributed by atoms with Gasteiger partial charge in [-0.3, -0.25) is 0 Å². The minimum absolute atomic E-state index is 0.0567. The third-order valence-corrected chi connectivity index (χ3v) is 1.41. The second-order valence-corrected chi connectivity index (χ2v) is 2.50. The van der Waals surface area contributed by atoms with Crippen molar-refractivity contribution in [1.82, 2.24) is 0 Å². The van der Waals surface area contributed by atoms with Crippen molar-refractivity contribution in [2.75, 3.05) is 6.61 Å². The van der Waals surface area contributed by atoms with Crippen molar-refractivity contribution in [1.29, 1.82) is 0 Å². The lowest BCUT2D eigenvalue weighted by Gasteiger charge is -2.06. The second-order valence-electron chi connectivity index (χ2n) is 2.50. The SMILES string of the molecule is CCCOc1cc(O)ccc1O. The van der Waals surface area contributed by atoms with Crippen LogP contribution in [0.3, 0.4) is 0 Å². The molecule has 0 aliphatic heterocycles. The standard InChI is InChI=1S/C9H12O3/c1-2-5-12-9-6-7(10)3-4-8(9)11/h3-4,6,10-11H,2,5H2,1H3. The Morgan fingerprint density at radius 3 is 2.75 bits per heavy atom. The molecule has 0 fully saturated rings. The zero-order chi connectivity index (χ0) is 8.97. The van der Waals surface area contributed by atoms with Crippen LogP contribution >= 0.6 is 0 Å². The Kier molecular flexibility index (Phi) is 2.80. The number of ether oxygens (including phenoxy) is 1. The fraction of sp³-hybridized carbons (Fsp3) is 0.333. The summed E-state index contributed by atoms with van der Waals surface area (Å²) in [5, 5.41) is 18.3.